The van der Waals surface area contributed by atoms with E-state index in [2.05, 4.69) is 15.5 Å². The third-order valence-corrected chi connectivity index (χ3v) is 5.22. The second-order valence-electron chi connectivity index (χ2n) is 8.16. The average Bonchev–Trinajstić information content (AvgIpc) is 3.37. The second-order valence-corrected chi connectivity index (χ2v) is 8.94. The van der Waals surface area contributed by atoms with Gasteiger partial charge in [-0.25, -0.2) is 4.79 Å². The van der Waals surface area contributed by atoms with Crippen LogP contribution in [0.3, 0.4) is 0 Å². The molecule has 9 heteroatoms. The van der Waals surface area contributed by atoms with E-state index in [1.165, 1.54) is 5.57 Å². The Kier molecular flexibility index (Phi) is 7.25. The van der Waals surface area contributed by atoms with Gasteiger partial charge in [0.2, 0.25) is 17.6 Å². The van der Waals surface area contributed by atoms with Crippen LogP contribution in [0.2, 0.25) is 0 Å². The van der Waals surface area contributed by atoms with Crippen LogP contribution in [-0.2, 0) is 16.0 Å². The lowest BCUT2D eigenvalue weighted by Crippen LogP contribution is -2.39. The third kappa shape index (κ3) is 6.69. The van der Waals surface area contributed by atoms with Gasteiger partial charge >= 0.3 is 6.09 Å². The van der Waals surface area contributed by atoms with Crippen molar-refractivity contribution in [3.8, 4) is 11.4 Å². The van der Waals surface area contributed by atoms with Gasteiger partial charge in [0.15, 0.2) is 0 Å². The fourth-order valence-corrected chi connectivity index (χ4v) is 3.60. The molecule has 8 nitrogen and oxygen atoms in total. The Morgan fingerprint density at radius 1 is 1.33 bits per heavy atom. The largest absolute Gasteiger partial charge is 0.444 e. The van der Waals surface area contributed by atoms with E-state index in [9.17, 15) is 9.59 Å². The van der Waals surface area contributed by atoms with Crippen molar-refractivity contribution in [2.75, 3.05) is 19.6 Å². The van der Waals surface area contributed by atoms with E-state index in [0.29, 0.717) is 44.2 Å². The Labute approximate surface area is 180 Å². The van der Waals surface area contributed by atoms with Gasteiger partial charge in [-0.05, 0) is 45.1 Å². The van der Waals surface area contributed by atoms with Gasteiger partial charge in [-0.3, -0.25) is 4.79 Å². The summed E-state index contributed by atoms with van der Waals surface area (Å²) in [6.45, 7) is 7.33. The Balaban J connectivity index is 1.34. The number of rotatable bonds is 7. The van der Waals surface area contributed by atoms with Crippen LogP contribution in [0.25, 0.3) is 11.4 Å². The average molecular weight is 433 g/mol. The summed E-state index contributed by atoms with van der Waals surface area (Å²) in [6, 6.07) is 1.93. The zero-order valence-corrected chi connectivity index (χ0v) is 18.5. The minimum Gasteiger partial charge on any atom is -0.444 e. The summed E-state index contributed by atoms with van der Waals surface area (Å²) in [5, 5.41) is 10.8. The first-order valence-electron chi connectivity index (χ1n) is 10.1. The van der Waals surface area contributed by atoms with Gasteiger partial charge in [0, 0.05) is 43.4 Å². The molecule has 0 atom stereocenters. The molecule has 0 aliphatic carbocycles. The van der Waals surface area contributed by atoms with Crippen LogP contribution in [0.5, 0.6) is 0 Å². The quantitative estimate of drug-likeness (QED) is 0.668. The van der Waals surface area contributed by atoms with Crippen molar-refractivity contribution in [1.82, 2.24) is 20.4 Å². The highest BCUT2D eigenvalue weighted by Gasteiger charge is 2.23. The van der Waals surface area contributed by atoms with Crippen LogP contribution in [0, 0.1) is 0 Å². The maximum atomic E-state index is 12.1. The SMILES string of the molecule is CC(C)(C)OC(=O)N1CC=C(CCNC(=O)CCc2nc(-c3ccsc3)no2)CC1. The fraction of sp³-hybridized carbons (Fsp3) is 0.524. The van der Waals surface area contributed by atoms with Gasteiger partial charge in [0.1, 0.15) is 5.60 Å². The highest BCUT2D eigenvalue weighted by molar-refractivity contribution is 7.08. The van der Waals surface area contributed by atoms with Gasteiger partial charge < -0.3 is 19.5 Å². The standard InChI is InChI=1S/C21H28N4O4S/c1-21(2,3)28-20(27)25-11-7-15(8-12-25)6-10-22-17(26)4-5-18-23-19(24-29-18)16-9-13-30-14-16/h7,9,13-14H,4-6,8,10-12H2,1-3H3,(H,22,26). The van der Waals surface area contributed by atoms with Gasteiger partial charge in [-0.15, -0.1) is 0 Å². The zero-order chi connectivity index (χ0) is 21.6. The highest BCUT2D eigenvalue weighted by atomic mass is 32.1. The number of hydrogen-bond acceptors (Lipinski definition) is 7. The Hall–Kier alpha value is -2.68. The van der Waals surface area contributed by atoms with Crippen molar-refractivity contribution in [3.05, 3.63) is 34.4 Å². The lowest BCUT2D eigenvalue weighted by atomic mass is 10.1. The predicted octanol–water partition coefficient (Wildman–Crippen LogP) is 3.80. The van der Waals surface area contributed by atoms with Gasteiger partial charge in [0.25, 0.3) is 0 Å². The molecule has 3 rings (SSSR count). The maximum absolute atomic E-state index is 12.1. The van der Waals surface area contributed by atoms with E-state index in [4.69, 9.17) is 9.26 Å². The van der Waals surface area contributed by atoms with Crippen LogP contribution in [0.4, 0.5) is 4.79 Å². The Morgan fingerprint density at radius 2 is 2.17 bits per heavy atom. The highest BCUT2D eigenvalue weighted by Crippen LogP contribution is 2.19. The van der Waals surface area contributed by atoms with Gasteiger partial charge in [0.05, 0.1) is 0 Å². The van der Waals surface area contributed by atoms with Crippen molar-refractivity contribution in [2.45, 2.75) is 52.1 Å². The number of nitrogens with one attached hydrogen (secondary N) is 1. The van der Waals surface area contributed by atoms with Gasteiger partial charge in [-0.1, -0.05) is 16.8 Å². The molecule has 0 spiro atoms. The fourth-order valence-electron chi connectivity index (χ4n) is 2.97. The molecule has 0 saturated carbocycles. The van der Waals surface area contributed by atoms with E-state index >= 15 is 0 Å². The van der Waals surface area contributed by atoms with Crippen molar-refractivity contribution in [1.29, 1.82) is 0 Å². The molecule has 30 heavy (non-hydrogen) atoms. The topological polar surface area (TPSA) is 97.6 Å². The molecule has 3 heterocycles. The van der Waals surface area contributed by atoms with Crippen LogP contribution < -0.4 is 5.32 Å². The molecule has 2 amide bonds. The van der Waals surface area contributed by atoms with Crippen molar-refractivity contribution >= 4 is 23.3 Å². The van der Waals surface area contributed by atoms with Crippen LogP contribution in [0.15, 0.2) is 33.0 Å². The third-order valence-electron chi connectivity index (χ3n) is 4.54. The molecular formula is C21H28N4O4S. The number of aryl methyl sites for hydroxylation is 1. The number of amides is 2. The lowest BCUT2D eigenvalue weighted by molar-refractivity contribution is -0.121. The first-order valence-corrected chi connectivity index (χ1v) is 11.0. The number of nitrogens with zero attached hydrogens (tertiary/aromatic N) is 3. The van der Waals surface area contributed by atoms with Crippen LogP contribution in [0.1, 0.15) is 45.9 Å². The molecule has 0 fully saturated rings. The molecule has 0 unspecified atom stereocenters. The van der Waals surface area contributed by atoms with Crippen LogP contribution >= 0.6 is 11.3 Å². The summed E-state index contributed by atoms with van der Waals surface area (Å²) < 4.78 is 10.6. The lowest BCUT2D eigenvalue weighted by Gasteiger charge is -2.29. The summed E-state index contributed by atoms with van der Waals surface area (Å²) >= 11 is 1.57. The molecule has 0 radical (unpaired) electrons. The molecule has 1 aliphatic heterocycles. The normalized spacial score (nSPS) is 14.4. The predicted molar refractivity (Wildman–Crippen MR) is 114 cm³/mol. The summed E-state index contributed by atoms with van der Waals surface area (Å²) in [5.74, 6) is 0.969. The van der Waals surface area contributed by atoms with Crippen molar-refractivity contribution < 1.29 is 18.8 Å². The summed E-state index contributed by atoms with van der Waals surface area (Å²) in [4.78, 5) is 30.2. The molecule has 0 aromatic carbocycles. The van der Waals surface area contributed by atoms with E-state index in [1.54, 1.807) is 16.2 Å². The first kappa shape index (κ1) is 22.0. The maximum Gasteiger partial charge on any atom is 0.410 e. The van der Waals surface area contributed by atoms with E-state index in [1.807, 2.05) is 43.7 Å². The number of ether oxygens (including phenoxy) is 1. The molecule has 162 valence electrons. The monoisotopic (exact) mass is 432 g/mol. The summed E-state index contributed by atoms with van der Waals surface area (Å²) in [7, 11) is 0. The van der Waals surface area contributed by atoms with E-state index in [-0.39, 0.29) is 12.0 Å². The minimum atomic E-state index is -0.488. The Morgan fingerprint density at radius 3 is 2.83 bits per heavy atom. The Bertz CT molecular complexity index is 883. The van der Waals surface area contributed by atoms with Crippen LogP contribution in [-0.4, -0.2) is 52.3 Å². The van der Waals surface area contributed by atoms with Crippen molar-refractivity contribution in [3.63, 3.8) is 0 Å². The summed E-state index contributed by atoms with van der Waals surface area (Å²) in [6.07, 6.45) is 4.05. The molecular weight excluding hydrogens is 404 g/mol. The molecule has 2 aromatic rings. The second kappa shape index (κ2) is 9.88. The van der Waals surface area contributed by atoms with Crippen molar-refractivity contribution in [2.24, 2.45) is 0 Å². The number of carbonyl (C=O) groups is 2. The smallest absolute Gasteiger partial charge is 0.410 e. The number of aromatic nitrogens is 2. The molecule has 0 bridgehead atoms. The number of thiophene rings is 1. The zero-order valence-electron chi connectivity index (χ0n) is 17.6. The molecule has 2 aromatic heterocycles. The first-order chi connectivity index (χ1) is 14.3. The van der Waals surface area contributed by atoms with E-state index < -0.39 is 5.60 Å². The van der Waals surface area contributed by atoms with Gasteiger partial charge in [-0.2, -0.15) is 16.3 Å². The minimum absolute atomic E-state index is 0.0444. The number of hydrogen-bond donors (Lipinski definition) is 1. The molecule has 0 saturated heterocycles. The number of carbonyl (C=O) groups excluding carboxylic acids is 2. The molecule has 1 aliphatic rings. The molecule has 1 N–H and O–H groups in total. The van der Waals surface area contributed by atoms with E-state index in [0.717, 1.165) is 18.4 Å². The summed E-state index contributed by atoms with van der Waals surface area (Å²) in [5.41, 5.74) is 1.68.